The fraction of sp³-hybridized carbons (Fsp3) is 0.586. The molecule has 2 N–H and O–H groups in total. The first-order valence-corrected chi connectivity index (χ1v) is 13.7. The van der Waals surface area contributed by atoms with Crippen molar-refractivity contribution < 1.29 is 9.84 Å². The summed E-state index contributed by atoms with van der Waals surface area (Å²) in [5.41, 5.74) is 6.34. The predicted octanol–water partition coefficient (Wildman–Crippen LogP) is 6.65. The number of rotatable bonds is 12. The third-order valence-corrected chi connectivity index (χ3v) is 7.64. The molecule has 0 saturated heterocycles. The Balaban J connectivity index is 2.27. The van der Waals surface area contributed by atoms with Gasteiger partial charge >= 0.3 is 0 Å². The van der Waals surface area contributed by atoms with Gasteiger partial charge in [-0.15, -0.1) is 0 Å². The summed E-state index contributed by atoms with van der Waals surface area (Å²) < 4.78 is 6.00. The lowest BCUT2D eigenvalue weighted by molar-refractivity contribution is 0.0216. The molecule has 0 saturated carbocycles. The molecule has 2 aromatic carbocycles. The zero-order chi connectivity index (χ0) is 24.6. The van der Waals surface area contributed by atoms with E-state index in [2.05, 4.69) is 75.7 Å². The van der Waals surface area contributed by atoms with Gasteiger partial charge in [-0.25, -0.2) is 0 Å². The van der Waals surface area contributed by atoms with Crippen LogP contribution in [0.2, 0.25) is 0 Å². The lowest BCUT2D eigenvalue weighted by atomic mass is 9.70. The summed E-state index contributed by atoms with van der Waals surface area (Å²) >= 11 is 1.87. The monoisotopic (exact) mass is 471 g/mol. The van der Waals surface area contributed by atoms with Gasteiger partial charge in [0.05, 0.1) is 6.10 Å². The Morgan fingerprint density at radius 1 is 0.970 bits per heavy atom. The quantitative estimate of drug-likeness (QED) is 0.340. The van der Waals surface area contributed by atoms with E-state index in [1.54, 1.807) is 0 Å². The predicted molar refractivity (Wildman–Crippen MR) is 145 cm³/mol. The van der Waals surface area contributed by atoms with Gasteiger partial charge in [0.1, 0.15) is 12.4 Å². The summed E-state index contributed by atoms with van der Waals surface area (Å²) in [6, 6.07) is 13.6. The van der Waals surface area contributed by atoms with Crippen LogP contribution in [0.5, 0.6) is 5.75 Å². The SMILES string of the molecule is CCC(CC)(c1ccc(CNCCSC)c(C)c1)c1ccc(OCC(O)C(C)(C)C)c(C)c1. The highest BCUT2D eigenvalue weighted by atomic mass is 32.2. The normalized spacial score (nSPS) is 13.2. The first-order valence-electron chi connectivity index (χ1n) is 12.3. The van der Waals surface area contributed by atoms with E-state index in [4.69, 9.17) is 4.74 Å². The molecule has 3 nitrogen and oxygen atoms in total. The topological polar surface area (TPSA) is 41.5 Å². The summed E-state index contributed by atoms with van der Waals surface area (Å²) in [6.45, 7) is 17.3. The van der Waals surface area contributed by atoms with Crippen molar-refractivity contribution in [1.29, 1.82) is 0 Å². The van der Waals surface area contributed by atoms with Crippen molar-refractivity contribution >= 4 is 11.8 Å². The molecule has 0 aliphatic rings. The second-order valence-corrected chi connectivity index (χ2v) is 11.3. The summed E-state index contributed by atoms with van der Waals surface area (Å²) in [4.78, 5) is 0. The van der Waals surface area contributed by atoms with E-state index in [1.165, 1.54) is 22.3 Å². The Hall–Kier alpha value is -1.49. The van der Waals surface area contributed by atoms with E-state index in [9.17, 15) is 5.11 Å². The van der Waals surface area contributed by atoms with Crippen LogP contribution in [0.1, 0.15) is 75.3 Å². The molecule has 2 rings (SSSR count). The van der Waals surface area contributed by atoms with E-state index in [0.29, 0.717) is 6.61 Å². The van der Waals surface area contributed by atoms with Crippen LogP contribution in [0.3, 0.4) is 0 Å². The van der Waals surface area contributed by atoms with Crippen LogP contribution in [0.25, 0.3) is 0 Å². The Morgan fingerprint density at radius 2 is 1.58 bits per heavy atom. The van der Waals surface area contributed by atoms with E-state index >= 15 is 0 Å². The average molecular weight is 472 g/mol. The Bertz CT molecular complexity index is 884. The largest absolute Gasteiger partial charge is 0.491 e. The highest BCUT2D eigenvalue weighted by Gasteiger charge is 2.31. The molecule has 0 heterocycles. The molecule has 1 unspecified atom stereocenters. The van der Waals surface area contributed by atoms with Crippen LogP contribution in [0.4, 0.5) is 0 Å². The zero-order valence-electron chi connectivity index (χ0n) is 22.0. The van der Waals surface area contributed by atoms with Gasteiger partial charge in [-0.05, 0) is 72.2 Å². The van der Waals surface area contributed by atoms with Gasteiger partial charge in [0.15, 0.2) is 0 Å². The maximum atomic E-state index is 10.3. The van der Waals surface area contributed by atoms with Crippen molar-refractivity contribution in [1.82, 2.24) is 5.32 Å². The smallest absolute Gasteiger partial charge is 0.122 e. The van der Waals surface area contributed by atoms with Crippen LogP contribution < -0.4 is 10.1 Å². The Kier molecular flexibility index (Phi) is 10.3. The van der Waals surface area contributed by atoms with Gasteiger partial charge in [-0.2, -0.15) is 11.8 Å². The van der Waals surface area contributed by atoms with E-state index < -0.39 is 6.10 Å². The van der Waals surface area contributed by atoms with Gasteiger partial charge in [0, 0.05) is 24.3 Å². The number of benzene rings is 2. The number of hydrogen-bond acceptors (Lipinski definition) is 4. The first-order chi connectivity index (χ1) is 15.6. The number of aliphatic hydroxyl groups excluding tert-OH is 1. The van der Waals surface area contributed by atoms with E-state index in [1.807, 2.05) is 32.5 Å². The molecule has 1 atom stereocenters. The highest BCUT2D eigenvalue weighted by Crippen LogP contribution is 2.41. The zero-order valence-corrected chi connectivity index (χ0v) is 22.9. The van der Waals surface area contributed by atoms with E-state index in [0.717, 1.165) is 43.0 Å². The van der Waals surface area contributed by atoms with Gasteiger partial charge in [-0.3, -0.25) is 0 Å². The maximum Gasteiger partial charge on any atom is 0.122 e. The molecule has 2 aromatic rings. The van der Waals surface area contributed by atoms with Crippen molar-refractivity contribution in [3.05, 3.63) is 64.2 Å². The molecular weight excluding hydrogens is 426 g/mol. The molecule has 184 valence electrons. The molecule has 4 heteroatoms. The molecule has 0 fully saturated rings. The van der Waals surface area contributed by atoms with Crippen molar-refractivity contribution in [3.63, 3.8) is 0 Å². The maximum absolute atomic E-state index is 10.3. The third-order valence-electron chi connectivity index (χ3n) is 7.02. The minimum atomic E-state index is -0.501. The average Bonchev–Trinajstić information content (AvgIpc) is 2.77. The van der Waals surface area contributed by atoms with Crippen LogP contribution in [-0.4, -0.2) is 36.4 Å². The number of ether oxygens (including phenoxy) is 1. The molecule has 0 radical (unpaired) electrons. The molecular formula is C29H45NO2S. The molecule has 0 aliphatic heterocycles. The van der Waals surface area contributed by atoms with Crippen LogP contribution >= 0.6 is 11.8 Å². The summed E-state index contributed by atoms with van der Waals surface area (Å²) in [7, 11) is 0. The minimum Gasteiger partial charge on any atom is -0.491 e. The number of hydrogen-bond donors (Lipinski definition) is 2. The van der Waals surface area contributed by atoms with Gasteiger partial charge < -0.3 is 15.2 Å². The highest BCUT2D eigenvalue weighted by molar-refractivity contribution is 7.98. The number of thioether (sulfide) groups is 1. The Morgan fingerprint density at radius 3 is 2.09 bits per heavy atom. The number of nitrogens with one attached hydrogen (secondary N) is 1. The molecule has 0 aromatic heterocycles. The minimum absolute atomic E-state index is 0.0240. The molecule has 0 bridgehead atoms. The standard InChI is InChI=1S/C29H45NO2S/c1-9-29(10-2,24-12-11-23(21(3)17-24)19-30-15-16-33-8)25-13-14-26(22(4)18-25)32-20-27(31)28(5,6)7/h11-14,17-18,27,30-31H,9-10,15-16,19-20H2,1-8H3. The summed E-state index contributed by atoms with van der Waals surface area (Å²) in [5, 5.41) is 13.9. The van der Waals surface area contributed by atoms with Gasteiger partial charge in [0.2, 0.25) is 0 Å². The number of aryl methyl sites for hydroxylation is 2. The fourth-order valence-corrected chi connectivity index (χ4v) is 4.70. The Labute approximate surface area is 206 Å². The molecule has 33 heavy (non-hydrogen) atoms. The molecule has 0 spiro atoms. The van der Waals surface area contributed by atoms with E-state index in [-0.39, 0.29) is 10.8 Å². The van der Waals surface area contributed by atoms with Gasteiger partial charge in [0.25, 0.3) is 0 Å². The van der Waals surface area contributed by atoms with Crippen LogP contribution in [-0.2, 0) is 12.0 Å². The van der Waals surface area contributed by atoms with Gasteiger partial charge in [-0.1, -0.05) is 65.0 Å². The van der Waals surface area contributed by atoms with Crippen molar-refractivity contribution in [3.8, 4) is 5.75 Å². The number of aliphatic hydroxyl groups is 1. The molecule has 0 aliphatic carbocycles. The van der Waals surface area contributed by atoms with Crippen LogP contribution in [0, 0.1) is 19.3 Å². The van der Waals surface area contributed by atoms with Crippen molar-refractivity contribution in [2.45, 2.75) is 79.4 Å². The first kappa shape index (κ1) is 27.8. The van der Waals surface area contributed by atoms with Crippen molar-refractivity contribution in [2.24, 2.45) is 5.41 Å². The summed E-state index contributed by atoms with van der Waals surface area (Å²) in [5.74, 6) is 1.99. The lowest BCUT2D eigenvalue weighted by Crippen LogP contribution is -2.32. The van der Waals surface area contributed by atoms with Crippen molar-refractivity contribution in [2.75, 3.05) is 25.2 Å². The second-order valence-electron chi connectivity index (χ2n) is 10.3. The lowest BCUT2D eigenvalue weighted by Gasteiger charge is -2.34. The van der Waals surface area contributed by atoms with Crippen LogP contribution in [0.15, 0.2) is 36.4 Å². The second kappa shape index (κ2) is 12.3. The molecule has 0 amide bonds. The fourth-order valence-electron chi connectivity index (χ4n) is 4.35. The third kappa shape index (κ3) is 7.00. The summed E-state index contributed by atoms with van der Waals surface area (Å²) in [6.07, 6.45) is 3.72.